The first kappa shape index (κ1) is 16.6. The molecule has 6 nitrogen and oxygen atoms in total. The SMILES string of the molecule is O=C(Cc1cccc(C(F)(F)F)c1)Nc1cccc(-n2cnnn2)c1. The zero-order valence-electron chi connectivity index (χ0n) is 12.7. The summed E-state index contributed by atoms with van der Waals surface area (Å²) in [4.78, 5) is 12.1. The van der Waals surface area contributed by atoms with Gasteiger partial charge in [0.1, 0.15) is 6.33 Å². The lowest BCUT2D eigenvalue weighted by Gasteiger charge is -2.10. The lowest BCUT2D eigenvalue weighted by atomic mass is 10.1. The van der Waals surface area contributed by atoms with Crippen molar-refractivity contribution in [2.75, 3.05) is 5.32 Å². The van der Waals surface area contributed by atoms with E-state index < -0.39 is 17.6 Å². The Hall–Kier alpha value is -3.23. The molecule has 0 unspecified atom stereocenters. The highest BCUT2D eigenvalue weighted by molar-refractivity contribution is 5.92. The summed E-state index contributed by atoms with van der Waals surface area (Å²) >= 11 is 0. The number of amides is 1. The third kappa shape index (κ3) is 4.19. The summed E-state index contributed by atoms with van der Waals surface area (Å²) < 4.78 is 39.6. The standard InChI is InChI=1S/C16H12F3N5O/c17-16(18,19)12-4-1-3-11(7-12)8-15(25)21-13-5-2-6-14(9-13)24-10-20-22-23-24/h1-7,9-10H,8H2,(H,21,25). The number of benzene rings is 2. The number of halogens is 3. The van der Waals surface area contributed by atoms with Crippen LogP contribution < -0.4 is 5.32 Å². The van der Waals surface area contributed by atoms with Crippen molar-refractivity contribution in [3.8, 4) is 5.69 Å². The van der Waals surface area contributed by atoms with Gasteiger partial charge in [0.05, 0.1) is 17.7 Å². The number of nitrogens with one attached hydrogen (secondary N) is 1. The van der Waals surface area contributed by atoms with Crippen molar-refractivity contribution in [3.05, 3.63) is 66.0 Å². The molecule has 3 aromatic rings. The minimum absolute atomic E-state index is 0.168. The topological polar surface area (TPSA) is 72.7 Å². The summed E-state index contributed by atoms with van der Waals surface area (Å²) in [5.41, 5.74) is 0.634. The maximum Gasteiger partial charge on any atom is 0.416 e. The summed E-state index contributed by atoms with van der Waals surface area (Å²) in [6, 6.07) is 11.5. The zero-order chi connectivity index (χ0) is 17.9. The summed E-state index contributed by atoms with van der Waals surface area (Å²) in [5.74, 6) is -0.423. The van der Waals surface area contributed by atoms with Gasteiger partial charge in [0, 0.05) is 5.69 Å². The van der Waals surface area contributed by atoms with Gasteiger partial charge in [-0.25, -0.2) is 4.68 Å². The lowest BCUT2D eigenvalue weighted by Crippen LogP contribution is -2.15. The van der Waals surface area contributed by atoms with Gasteiger partial charge in [-0.1, -0.05) is 24.3 Å². The van der Waals surface area contributed by atoms with Crippen LogP contribution in [0.5, 0.6) is 0 Å². The van der Waals surface area contributed by atoms with E-state index in [0.29, 0.717) is 11.4 Å². The Balaban J connectivity index is 1.70. The fourth-order valence-electron chi connectivity index (χ4n) is 2.25. The van der Waals surface area contributed by atoms with Gasteiger partial charge in [0.25, 0.3) is 0 Å². The molecular formula is C16H12F3N5O. The van der Waals surface area contributed by atoms with Gasteiger partial charge in [-0.3, -0.25) is 4.79 Å². The van der Waals surface area contributed by atoms with E-state index in [4.69, 9.17) is 0 Å². The first-order valence-electron chi connectivity index (χ1n) is 7.21. The fourth-order valence-corrected chi connectivity index (χ4v) is 2.25. The Kier molecular flexibility index (Phi) is 4.46. The van der Waals surface area contributed by atoms with Crippen molar-refractivity contribution in [1.29, 1.82) is 0 Å². The van der Waals surface area contributed by atoms with Crippen LogP contribution in [0.2, 0.25) is 0 Å². The minimum atomic E-state index is -4.44. The molecule has 0 radical (unpaired) electrons. The van der Waals surface area contributed by atoms with E-state index in [1.807, 2.05) is 0 Å². The molecule has 0 spiro atoms. The highest BCUT2D eigenvalue weighted by Crippen LogP contribution is 2.29. The molecule has 0 fully saturated rings. The van der Waals surface area contributed by atoms with Crippen LogP contribution in [0.1, 0.15) is 11.1 Å². The van der Waals surface area contributed by atoms with Crippen LogP contribution in [0.3, 0.4) is 0 Å². The summed E-state index contributed by atoms with van der Waals surface area (Å²) in [6.45, 7) is 0. The molecule has 0 aliphatic rings. The average Bonchev–Trinajstić information content (AvgIpc) is 3.09. The molecule has 3 rings (SSSR count). The van der Waals surface area contributed by atoms with Crippen molar-refractivity contribution < 1.29 is 18.0 Å². The Morgan fingerprint density at radius 3 is 2.64 bits per heavy atom. The average molecular weight is 347 g/mol. The molecule has 1 N–H and O–H groups in total. The van der Waals surface area contributed by atoms with E-state index in [1.54, 1.807) is 24.3 Å². The van der Waals surface area contributed by atoms with E-state index in [-0.39, 0.29) is 12.0 Å². The monoisotopic (exact) mass is 347 g/mol. The normalized spacial score (nSPS) is 11.3. The van der Waals surface area contributed by atoms with Crippen LogP contribution in [0.15, 0.2) is 54.9 Å². The van der Waals surface area contributed by atoms with Gasteiger partial charge in [0.2, 0.25) is 5.91 Å². The summed E-state index contributed by atoms with van der Waals surface area (Å²) in [7, 11) is 0. The number of aromatic nitrogens is 4. The number of nitrogens with zero attached hydrogens (tertiary/aromatic N) is 4. The number of tetrazole rings is 1. The van der Waals surface area contributed by atoms with E-state index in [1.165, 1.54) is 23.1 Å². The molecule has 1 heterocycles. The zero-order valence-corrected chi connectivity index (χ0v) is 12.7. The maximum absolute atomic E-state index is 12.7. The molecule has 25 heavy (non-hydrogen) atoms. The van der Waals surface area contributed by atoms with Crippen molar-refractivity contribution in [1.82, 2.24) is 20.2 Å². The van der Waals surface area contributed by atoms with E-state index in [0.717, 1.165) is 12.1 Å². The first-order valence-corrected chi connectivity index (χ1v) is 7.21. The molecule has 0 saturated heterocycles. The number of carbonyl (C=O) groups excluding carboxylic acids is 1. The van der Waals surface area contributed by atoms with Gasteiger partial charge in [-0.15, -0.1) is 5.10 Å². The smallest absolute Gasteiger partial charge is 0.326 e. The van der Waals surface area contributed by atoms with Crippen molar-refractivity contribution in [2.45, 2.75) is 12.6 Å². The summed E-state index contributed by atoms with van der Waals surface area (Å²) in [6.07, 6.45) is -3.20. The molecule has 0 aliphatic carbocycles. The maximum atomic E-state index is 12.7. The fraction of sp³-hybridized carbons (Fsp3) is 0.125. The Labute approximate surface area is 140 Å². The van der Waals surface area contributed by atoms with E-state index in [2.05, 4.69) is 20.8 Å². The van der Waals surface area contributed by atoms with Crippen LogP contribution in [0.25, 0.3) is 5.69 Å². The van der Waals surface area contributed by atoms with Crippen molar-refractivity contribution in [3.63, 3.8) is 0 Å². The van der Waals surface area contributed by atoms with E-state index >= 15 is 0 Å². The van der Waals surface area contributed by atoms with Crippen LogP contribution in [0.4, 0.5) is 18.9 Å². The van der Waals surface area contributed by atoms with Crippen LogP contribution in [-0.4, -0.2) is 26.1 Å². The Morgan fingerprint density at radius 2 is 1.92 bits per heavy atom. The molecule has 2 aromatic carbocycles. The van der Waals surface area contributed by atoms with E-state index in [9.17, 15) is 18.0 Å². The van der Waals surface area contributed by atoms with Gasteiger partial charge < -0.3 is 5.32 Å². The van der Waals surface area contributed by atoms with Gasteiger partial charge in [-0.2, -0.15) is 13.2 Å². The number of anilines is 1. The minimum Gasteiger partial charge on any atom is -0.326 e. The molecular weight excluding hydrogens is 335 g/mol. The second-order valence-corrected chi connectivity index (χ2v) is 5.23. The van der Waals surface area contributed by atoms with Crippen molar-refractivity contribution in [2.24, 2.45) is 0 Å². The third-order valence-electron chi connectivity index (χ3n) is 3.36. The highest BCUT2D eigenvalue weighted by Gasteiger charge is 2.30. The number of hydrogen-bond acceptors (Lipinski definition) is 4. The molecule has 128 valence electrons. The summed E-state index contributed by atoms with van der Waals surface area (Å²) in [5, 5.41) is 13.4. The molecule has 9 heteroatoms. The van der Waals surface area contributed by atoms with Crippen molar-refractivity contribution >= 4 is 11.6 Å². The predicted octanol–water partition coefficient (Wildman–Crippen LogP) is 2.86. The number of rotatable bonds is 4. The largest absolute Gasteiger partial charge is 0.416 e. The molecule has 1 aromatic heterocycles. The number of carbonyl (C=O) groups is 1. The first-order chi connectivity index (χ1) is 11.9. The van der Waals surface area contributed by atoms with Crippen LogP contribution >= 0.6 is 0 Å². The van der Waals surface area contributed by atoms with Gasteiger partial charge in [-0.05, 0) is 40.3 Å². The molecule has 0 aliphatic heterocycles. The molecule has 0 bridgehead atoms. The second-order valence-electron chi connectivity index (χ2n) is 5.23. The lowest BCUT2D eigenvalue weighted by molar-refractivity contribution is -0.137. The molecule has 1 amide bonds. The quantitative estimate of drug-likeness (QED) is 0.788. The Morgan fingerprint density at radius 1 is 1.12 bits per heavy atom. The highest BCUT2D eigenvalue weighted by atomic mass is 19.4. The second kappa shape index (κ2) is 6.71. The predicted molar refractivity (Wildman–Crippen MR) is 82.9 cm³/mol. The third-order valence-corrected chi connectivity index (χ3v) is 3.36. The Bertz CT molecular complexity index is 877. The number of alkyl halides is 3. The number of hydrogen-bond donors (Lipinski definition) is 1. The van der Waals surface area contributed by atoms with Crippen LogP contribution in [-0.2, 0) is 17.4 Å². The van der Waals surface area contributed by atoms with Gasteiger partial charge in [0.15, 0.2) is 0 Å². The van der Waals surface area contributed by atoms with Crippen LogP contribution in [0, 0.1) is 0 Å². The molecule has 0 saturated carbocycles. The molecule has 0 atom stereocenters. The van der Waals surface area contributed by atoms with Gasteiger partial charge >= 0.3 is 6.18 Å².